The molecule has 1 aromatic rings. The number of hydrogen-bond donors (Lipinski definition) is 0. The molecule has 2 atom stereocenters. The predicted molar refractivity (Wildman–Crippen MR) is 74.1 cm³/mol. The Hall–Kier alpha value is -0.620. The van der Waals surface area contributed by atoms with Crippen molar-refractivity contribution in [3.63, 3.8) is 0 Å². The molecule has 0 spiro atoms. The van der Waals surface area contributed by atoms with E-state index in [0.717, 1.165) is 0 Å². The standard InChI is InChI=1S/C12H16BrNO3S/c1-8-6-14(3-4-18(16)7-8)12(15)10-5-11(13)17-9(10)2/h5,8H,3-4,6-7H2,1-2H3. The summed E-state index contributed by atoms with van der Waals surface area (Å²) in [7, 11) is -0.808. The van der Waals surface area contributed by atoms with Crippen molar-refractivity contribution in [1.29, 1.82) is 0 Å². The van der Waals surface area contributed by atoms with Gasteiger partial charge in [0, 0.05) is 41.5 Å². The molecule has 1 saturated heterocycles. The SMILES string of the molecule is Cc1oc(Br)cc1C(=O)N1CCS(=O)CC(C)C1. The van der Waals surface area contributed by atoms with Crippen molar-refractivity contribution in [3.8, 4) is 0 Å². The maximum atomic E-state index is 12.4. The third kappa shape index (κ3) is 3.03. The van der Waals surface area contributed by atoms with E-state index in [0.29, 0.717) is 40.6 Å². The molecular weight excluding hydrogens is 318 g/mol. The van der Waals surface area contributed by atoms with E-state index in [1.807, 2.05) is 6.92 Å². The van der Waals surface area contributed by atoms with Crippen LogP contribution in [0.5, 0.6) is 0 Å². The lowest BCUT2D eigenvalue weighted by Crippen LogP contribution is -2.35. The van der Waals surface area contributed by atoms with Crippen LogP contribution >= 0.6 is 15.9 Å². The summed E-state index contributed by atoms with van der Waals surface area (Å²) in [4.78, 5) is 14.2. The van der Waals surface area contributed by atoms with E-state index in [2.05, 4.69) is 15.9 Å². The van der Waals surface area contributed by atoms with E-state index in [-0.39, 0.29) is 11.8 Å². The Balaban J connectivity index is 2.18. The van der Waals surface area contributed by atoms with Gasteiger partial charge in [-0.15, -0.1) is 0 Å². The number of amides is 1. The van der Waals surface area contributed by atoms with E-state index in [1.165, 1.54) is 0 Å². The second kappa shape index (κ2) is 5.57. The highest BCUT2D eigenvalue weighted by molar-refractivity contribution is 9.10. The molecule has 1 aromatic heterocycles. The fourth-order valence-electron chi connectivity index (χ4n) is 2.15. The van der Waals surface area contributed by atoms with Crippen molar-refractivity contribution in [2.24, 2.45) is 5.92 Å². The summed E-state index contributed by atoms with van der Waals surface area (Å²) in [6.07, 6.45) is 0. The molecule has 0 radical (unpaired) electrons. The quantitative estimate of drug-likeness (QED) is 0.791. The zero-order valence-electron chi connectivity index (χ0n) is 10.4. The number of nitrogens with zero attached hydrogens (tertiary/aromatic N) is 1. The Bertz CT molecular complexity index is 486. The van der Waals surface area contributed by atoms with E-state index >= 15 is 0 Å². The summed E-state index contributed by atoms with van der Waals surface area (Å²) < 4.78 is 17.5. The molecule has 6 heteroatoms. The van der Waals surface area contributed by atoms with Gasteiger partial charge in [0.2, 0.25) is 0 Å². The minimum Gasteiger partial charge on any atom is -0.454 e. The Morgan fingerprint density at radius 1 is 1.61 bits per heavy atom. The van der Waals surface area contributed by atoms with Crippen molar-refractivity contribution >= 4 is 32.6 Å². The molecule has 1 aliphatic heterocycles. The van der Waals surface area contributed by atoms with Gasteiger partial charge < -0.3 is 9.32 Å². The molecule has 0 N–H and O–H groups in total. The summed E-state index contributed by atoms with van der Waals surface area (Å²) in [6, 6.07) is 1.70. The first-order chi connectivity index (χ1) is 8.47. The fraction of sp³-hybridized carbons (Fsp3) is 0.583. The minimum absolute atomic E-state index is 0.0345. The van der Waals surface area contributed by atoms with Crippen molar-refractivity contribution in [3.05, 3.63) is 22.1 Å². The second-order valence-electron chi connectivity index (χ2n) is 4.69. The molecule has 2 unspecified atom stereocenters. The third-order valence-electron chi connectivity index (χ3n) is 3.00. The molecule has 0 aliphatic carbocycles. The molecule has 2 heterocycles. The lowest BCUT2D eigenvalue weighted by Gasteiger charge is -2.21. The van der Waals surface area contributed by atoms with E-state index in [1.54, 1.807) is 17.9 Å². The van der Waals surface area contributed by atoms with Crippen LogP contribution in [0.1, 0.15) is 23.0 Å². The number of hydrogen-bond acceptors (Lipinski definition) is 3. The summed E-state index contributed by atoms with van der Waals surface area (Å²) in [5.74, 6) is 2.09. The van der Waals surface area contributed by atoms with Crippen molar-refractivity contribution in [2.75, 3.05) is 24.6 Å². The number of carbonyl (C=O) groups is 1. The molecule has 1 amide bonds. The number of rotatable bonds is 1. The monoisotopic (exact) mass is 333 g/mol. The molecule has 1 fully saturated rings. The van der Waals surface area contributed by atoms with Gasteiger partial charge in [-0.3, -0.25) is 9.00 Å². The highest BCUT2D eigenvalue weighted by Crippen LogP contribution is 2.22. The average molecular weight is 334 g/mol. The smallest absolute Gasteiger partial charge is 0.257 e. The van der Waals surface area contributed by atoms with Gasteiger partial charge in [0.15, 0.2) is 4.67 Å². The molecule has 4 nitrogen and oxygen atoms in total. The maximum Gasteiger partial charge on any atom is 0.257 e. The van der Waals surface area contributed by atoms with Crippen LogP contribution in [0.25, 0.3) is 0 Å². The van der Waals surface area contributed by atoms with Gasteiger partial charge in [-0.25, -0.2) is 0 Å². The molecular formula is C12H16BrNO3S. The maximum absolute atomic E-state index is 12.4. The second-order valence-corrected chi connectivity index (χ2v) is 7.09. The Kier molecular flexibility index (Phi) is 4.27. The molecule has 0 bridgehead atoms. The highest BCUT2D eigenvalue weighted by atomic mass is 79.9. The summed E-state index contributed by atoms with van der Waals surface area (Å²) in [6.45, 7) is 5.02. The summed E-state index contributed by atoms with van der Waals surface area (Å²) in [5, 5.41) is 0. The van der Waals surface area contributed by atoms with Gasteiger partial charge in [0.05, 0.1) is 5.56 Å². The van der Waals surface area contributed by atoms with Gasteiger partial charge in [0.1, 0.15) is 5.76 Å². The van der Waals surface area contributed by atoms with Crippen LogP contribution < -0.4 is 0 Å². The van der Waals surface area contributed by atoms with Crippen molar-refractivity contribution < 1.29 is 13.4 Å². The largest absolute Gasteiger partial charge is 0.454 e. The highest BCUT2D eigenvalue weighted by Gasteiger charge is 2.25. The number of aryl methyl sites for hydroxylation is 1. The molecule has 1 aliphatic rings. The lowest BCUT2D eigenvalue weighted by atomic mass is 10.1. The minimum atomic E-state index is -0.808. The number of halogens is 1. The van der Waals surface area contributed by atoms with Gasteiger partial charge >= 0.3 is 0 Å². The van der Waals surface area contributed by atoms with Crippen LogP contribution in [0, 0.1) is 12.8 Å². The van der Waals surface area contributed by atoms with Crippen LogP contribution in [0.2, 0.25) is 0 Å². The van der Waals surface area contributed by atoms with Gasteiger partial charge in [-0.05, 0) is 28.8 Å². The Morgan fingerprint density at radius 2 is 2.33 bits per heavy atom. The molecule has 18 heavy (non-hydrogen) atoms. The van der Waals surface area contributed by atoms with E-state index < -0.39 is 10.8 Å². The summed E-state index contributed by atoms with van der Waals surface area (Å²) >= 11 is 3.23. The lowest BCUT2D eigenvalue weighted by molar-refractivity contribution is 0.0750. The fourth-order valence-corrected chi connectivity index (χ4v) is 3.95. The number of carbonyl (C=O) groups excluding carboxylic acids is 1. The van der Waals surface area contributed by atoms with Gasteiger partial charge in [0.25, 0.3) is 5.91 Å². The normalized spacial score (nSPS) is 24.9. The van der Waals surface area contributed by atoms with Gasteiger partial charge in [-0.1, -0.05) is 6.92 Å². The van der Waals surface area contributed by atoms with Crippen LogP contribution in [0.15, 0.2) is 15.2 Å². The van der Waals surface area contributed by atoms with Crippen molar-refractivity contribution in [2.45, 2.75) is 13.8 Å². The van der Waals surface area contributed by atoms with Crippen LogP contribution in [0.3, 0.4) is 0 Å². The average Bonchev–Trinajstić information content (AvgIpc) is 2.51. The summed E-state index contributed by atoms with van der Waals surface area (Å²) in [5.41, 5.74) is 0.585. The van der Waals surface area contributed by atoms with Crippen LogP contribution in [-0.4, -0.2) is 39.6 Å². The van der Waals surface area contributed by atoms with E-state index in [9.17, 15) is 9.00 Å². The molecule has 0 saturated carbocycles. The van der Waals surface area contributed by atoms with Crippen LogP contribution in [-0.2, 0) is 10.8 Å². The Labute approximate surface area is 117 Å². The first-order valence-corrected chi connectivity index (χ1v) is 8.15. The van der Waals surface area contributed by atoms with Gasteiger partial charge in [-0.2, -0.15) is 0 Å². The predicted octanol–water partition coefficient (Wildman–Crippen LogP) is 2.19. The number of furan rings is 1. The van der Waals surface area contributed by atoms with Crippen molar-refractivity contribution in [1.82, 2.24) is 4.90 Å². The molecule has 2 rings (SSSR count). The zero-order chi connectivity index (χ0) is 13.3. The first kappa shape index (κ1) is 13.8. The topological polar surface area (TPSA) is 50.5 Å². The van der Waals surface area contributed by atoms with E-state index in [4.69, 9.17) is 4.42 Å². The Morgan fingerprint density at radius 3 is 2.94 bits per heavy atom. The zero-order valence-corrected chi connectivity index (χ0v) is 12.8. The molecule has 0 aromatic carbocycles. The first-order valence-electron chi connectivity index (χ1n) is 5.87. The third-order valence-corrected chi connectivity index (χ3v) is 4.97. The molecule has 100 valence electrons. The van der Waals surface area contributed by atoms with Crippen LogP contribution in [0.4, 0.5) is 0 Å².